The SMILES string of the molecule is C[C@H](C(=O)C(Cl)(Cl)Cl)[C@@H](NS(=O)(=O)c1ccccn1)c1ccccc1. The van der Waals surface area contributed by atoms with Gasteiger partial charge in [-0.1, -0.05) is 78.1 Å². The number of rotatable bonds is 6. The zero-order valence-corrected chi connectivity index (χ0v) is 16.1. The molecule has 2 aromatic rings. The van der Waals surface area contributed by atoms with Gasteiger partial charge in [-0.2, -0.15) is 0 Å². The monoisotopic (exact) mass is 420 g/mol. The first-order valence-corrected chi connectivity index (χ1v) is 9.84. The van der Waals surface area contributed by atoms with Crippen LogP contribution in [0.5, 0.6) is 0 Å². The summed E-state index contributed by atoms with van der Waals surface area (Å²) in [6.45, 7) is 1.50. The van der Waals surface area contributed by atoms with Gasteiger partial charge in [0.25, 0.3) is 10.0 Å². The van der Waals surface area contributed by atoms with Gasteiger partial charge < -0.3 is 0 Å². The number of nitrogens with zero attached hydrogens (tertiary/aromatic N) is 1. The standard InChI is InChI=1S/C16H15Cl3N2O3S/c1-11(15(22)16(17,18)19)14(12-7-3-2-4-8-12)21-25(23,24)13-9-5-6-10-20-13/h2-11,14,21H,1H3/t11-,14+/m0/s1. The molecule has 1 N–H and O–H groups in total. The van der Waals surface area contributed by atoms with E-state index in [1.165, 1.54) is 19.2 Å². The van der Waals surface area contributed by atoms with E-state index in [1.807, 2.05) is 0 Å². The molecule has 0 unspecified atom stereocenters. The molecule has 0 radical (unpaired) electrons. The van der Waals surface area contributed by atoms with Crippen LogP contribution in [0, 0.1) is 5.92 Å². The molecule has 0 aliphatic heterocycles. The molecule has 1 aromatic heterocycles. The largest absolute Gasteiger partial charge is 0.294 e. The second-order valence-electron chi connectivity index (χ2n) is 5.33. The molecule has 1 heterocycles. The topological polar surface area (TPSA) is 76.1 Å². The molecule has 2 rings (SSSR count). The molecule has 0 spiro atoms. The molecule has 0 amide bonds. The van der Waals surface area contributed by atoms with Gasteiger partial charge in [0.2, 0.25) is 3.79 Å². The number of pyridine rings is 1. The number of aromatic nitrogens is 1. The van der Waals surface area contributed by atoms with Gasteiger partial charge in [-0.3, -0.25) is 4.79 Å². The Morgan fingerprint density at radius 2 is 1.68 bits per heavy atom. The smallest absolute Gasteiger partial charge is 0.258 e. The fourth-order valence-electron chi connectivity index (χ4n) is 2.26. The molecular weight excluding hydrogens is 407 g/mol. The van der Waals surface area contributed by atoms with Gasteiger partial charge in [-0.25, -0.2) is 18.1 Å². The number of carbonyl (C=O) groups is 1. The van der Waals surface area contributed by atoms with Crippen molar-refractivity contribution in [3.8, 4) is 0 Å². The number of halogens is 3. The minimum atomic E-state index is -3.97. The van der Waals surface area contributed by atoms with Gasteiger partial charge >= 0.3 is 0 Å². The number of Topliss-reactive ketones (excluding diaryl/α,β-unsaturated/α-hetero) is 1. The number of hydrogen-bond acceptors (Lipinski definition) is 4. The summed E-state index contributed by atoms with van der Waals surface area (Å²) >= 11 is 17.1. The summed E-state index contributed by atoms with van der Waals surface area (Å²) < 4.78 is 25.6. The Hall–Kier alpha value is -1.18. The van der Waals surface area contributed by atoms with Crippen molar-refractivity contribution in [1.29, 1.82) is 0 Å². The van der Waals surface area contributed by atoms with E-state index in [2.05, 4.69) is 9.71 Å². The predicted molar refractivity (Wildman–Crippen MR) is 98.2 cm³/mol. The summed E-state index contributed by atoms with van der Waals surface area (Å²) in [5, 5.41) is -0.163. The maximum atomic E-state index is 12.6. The highest BCUT2D eigenvalue weighted by molar-refractivity contribution is 7.89. The Morgan fingerprint density at radius 3 is 2.20 bits per heavy atom. The van der Waals surface area contributed by atoms with Crippen molar-refractivity contribution in [3.63, 3.8) is 0 Å². The molecule has 2 atom stereocenters. The first kappa shape index (κ1) is 20.1. The number of benzene rings is 1. The molecule has 0 saturated carbocycles. The van der Waals surface area contributed by atoms with Crippen molar-refractivity contribution in [2.45, 2.75) is 21.8 Å². The third-order valence-corrected chi connectivity index (χ3v) is 5.46. The lowest BCUT2D eigenvalue weighted by molar-refractivity contribution is -0.122. The Bertz CT molecular complexity index is 825. The average Bonchev–Trinajstić information content (AvgIpc) is 2.59. The molecular formula is C16H15Cl3N2O3S. The minimum absolute atomic E-state index is 0.163. The van der Waals surface area contributed by atoms with E-state index < -0.39 is 31.6 Å². The molecule has 0 bridgehead atoms. The number of carbonyl (C=O) groups excluding carboxylic acids is 1. The first-order valence-electron chi connectivity index (χ1n) is 7.22. The second-order valence-corrected chi connectivity index (χ2v) is 9.27. The van der Waals surface area contributed by atoms with Crippen LogP contribution in [0.1, 0.15) is 18.5 Å². The van der Waals surface area contributed by atoms with Crippen molar-refractivity contribution < 1.29 is 13.2 Å². The van der Waals surface area contributed by atoms with Crippen LogP contribution in [0.25, 0.3) is 0 Å². The number of nitrogens with one attached hydrogen (secondary N) is 1. The van der Waals surface area contributed by atoms with Crippen LogP contribution in [0.2, 0.25) is 0 Å². The lowest BCUT2D eigenvalue weighted by Crippen LogP contribution is -2.39. The van der Waals surface area contributed by atoms with E-state index in [-0.39, 0.29) is 5.03 Å². The third-order valence-electron chi connectivity index (χ3n) is 3.55. The van der Waals surface area contributed by atoms with Crippen molar-refractivity contribution >= 4 is 50.6 Å². The number of sulfonamides is 1. The summed E-state index contributed by atoms with van der Waals surface area (Å²) in [5.74, 6) is -1.64. The number of alkyl halides is 3. The molecule has 0 aliphatic rings. The summed E-state index contributed by atoms with van der Waals surface area (Å²) in [7, 11) is -3.97. The summed E-state index contributed by atoms with van der Waals surface area (Å²) in [5.41, 5.74) is 0.567. The van der Waals surface area contributed by atoms with Gasteiger partial charge in [0, 0.05) is 12.1 Å². The van der Waals surface area contributed by atoms with Crippen LogP contribution >= 0.6 is 34.8 Å². The molecule has 5 nitrogen and oxygen atoms in total. The van der Waals surface area contributed by atoms with Gasteiger partial charge in [0.1, 0.15) is 0 Å². The highest BCUT2D eigenvalue weighted by Crippen LogP contribution is 2.35. The van der Waals surface area contributed by atoms with Gasteiger partial charge in [0.15, 0.2) is 10.8 Å². The molecule has 0 aliphatic carbocycles. The van der Waals surface area contributed by atoms with Crippen LogP contribution in [0.3, 0.4) is 0 Å². The van der Waals surface area contributed by atoms with E-state index in [0.717, 1.165) is 0 Å². The molecule has 1 aromatic carbocycles. The first-order chi connectivity index (χ1) is 11.6. The van der Waals surface area contributed by atoms with E-state index in [4.69, 9.17) is 34.8 Å². The van der Waals surface area contributed by atoms with Crippen LogP contribution in [-0.4, -0.2) is 23.0 Å². The van der Waals surface area contributed by atoms with E-state index >= 15 is 0 Å². The molecule has 9 heteroatoms. The summed E-state index contributed by atoms with van der Waals surface area (Å²) in [4.78, 5) is 16.2. The van der Waals surface area contributed by atoms with Gasteiger partial charge in [-0.05, 0) is 17.7 Å². The van der Waals surface area contributed by atoms with Crippen LogP contribution in [-0.2, 0) is 14.8 Å². The lowest BCUT2D eigenvalue weighted by atomic mass is 9.92. The maximum Gasteiger partial charge on any atom is 0.258 e. The maximum absolute atomic E-state index is 12.6. The molecule has 134 valence electrons. The third kappa shape index (κ3) is 5.15. The predicted octanol–water partition coefficient (Wildman–Crippen LogP) is 3.68. The van der Waals surface area contributed by atoms with E-state index in [1.54, 1.807) is 42.5 Å². The minimum Gasteiger partial charge on any atom is -0.294 e. The van der Waals surface area contributed by atoms with Crippen molar-refractivity contribution in [2.24, 2.45) is 5.92 Å². The van der Waals surface area contributed by atoms with Gasteiger partial charge in [-0.15, -0.1) is 0 Å². The normalized spacial score (nSPS) is 14.7. The molecule has 0 saturated heterocycles. The Balaban J connectivity index is 2.41. The quantitative estimate of drug-likeness (QED) is 0.722. The Kier molecular flexibility index (Phi) is 6.45. The second kappa shape index (κ2) is 8.01. The van der Waals surface area contributed by atoms with Gasteiger partial charge in [0.05, 0.1) is 6.04 Å². The average molecular weight is 422 g/mol. The van der Waals surface area contributed by atoms with Crippen molar-refractivity contribution in [2.75, 3.05) is 0 Å². The summed E-state index contributed by atoms with van der Waals surface area (Å²) in [6.07, 6.45) is 1.36. The highest BCUT2D eigenvalue weighted by Gasteiger charge is 2.40. The zero-order chi connectivity index (χ0) is 18.7. The zero-order valence-electron chi connectivity index (χ0n) is 13.1. The van der Waals surface area contributed by atoms with Crippen LogP contribution in [0.4, 0.5) is 0 Å². The fourth-order valence-corrected chi connectivity index (χ4v) is 4.03. The molecule has 0 fully saturated rings. The van der Waals surface area contributed by atoms with Crippen molar-refractivity contribution in [1.82, 2.24) is 9.71 Å². The highest BCUT2D eigenvalue weighted by atomic mass is 35.6. The Labute approximate surface area is 161 Å². The number of ketones is 1. The van der Waals surface area contributed by atoms with Crippen LogP contribution in [0.15, 0.2) is 59.8 Å². The van der Waals surface area contributed by atoms with Crippen molar-refractivity contribution in [3.05, 3.63) is 60.3 Å². The summed E-state index contributed by atoms with van der Waals surface area (Å²) in [6, 6.07) is 12.2. The van der Waals surface area contributed by atoms with E-state index in [0.29, 0.717) is 5.56 Å². The van der Waals surface area contributed by atoms with Crippen LogP contribution < -0.4 is 4.72 Å². The molecule has 25 heavy (non-hydrogen) atoms. The van der Waals surface area contributed by atoms with E-state index in [9.17, 15) is 13.2 Å². The lowest BCUT2D eigenvalue weighted by Gasteiger charge is -2.26. The Morgan fingerprint density at radius 1 is 1.08 bits per heavy atom. The fraction of sp³-hybridized carbons (Fsp3) is 0.250. The number of hydrogen-bond donors (Lipinski definition) is 1.